The van der Waals surface area contributed by atoms with Gasteiger partial charge in [0.25, 0.3) is 0 Å². The molecule has 11 heteroatoms. The second-order valence-corrected chi connectivity index (χ2v) is 9.62. The van der Waals surface area contributed by atoms with E-state index < -0.39 is 0 Å². The van der Waals surface area contributed by atoms with E-state index in [2.05, 4.69) is 27.6 Å². The maximum Gasteiger partial charge on any atom is 0.223 e. The second-order valence-electron chi connectivity index (χ2n) is 8.87. The molecule has 2 aliphatic heterocycles. The van der Waals surface area contributed by atoms with Crippen LogP contribution in [0.3, 0.4) is 0 Å². The van der Waals surface area contributed by atoms with Gasteiger partial charge < -0.3 is 29.7 Å². The third-order valence-electron chi connectivity index (χ3n) is 6.39. The Morgan fingerprint density at radius 2 is 1.80 bits per heavy atom. The van der Waals surface area contributed by atoms with Crippen molar-refractivity contribution in [3.63, 3.8) is 0 Å². The summed E-state index contributed by atoms with van der Waals surface area (Å²) in [5.41, 5.74) is 1.83. The number of ether oxygens (including phenoxy) is 3. The zero-order valence-corrected chi connectivity index (χ0v) is 21.4. The van der Waals surface area contributed by atoms with Crippen LogP contribution in [0, 0.1) is 0 Å². The molecule has 1 aromatic carbocycles. The summed E-state index contributed by atoms with van der Waals surface area (Å²) in [6.45, 7) is 3.32. The minimum Gasteiger partial charge on any atom is -0.495 e. The molecule has 0 saturated carbocycles. The third-order valence-corrected chi connectivity index (χ3v) is 7.14. The molecule has 186 valence electrons. The molecule has 5 rings (SSSR count). The van der Waals surface area contributed by atoms with Gasteiger partial charge in [0.2, 0.25) is 5.95 Å². The smallest absolute Gasteiger partial charge is 0.223 e. The van der Waals surface area contributed by atoms with Crippen LogP contribution in [0.1, 0.15) is 12.8 Å². The summed E-state index contributed by atoms with van der Waals surface area (Å²) in [5.74, 6) is 2.10. The van der Waals surface area contributed by atoms with Gasteiger partial charge in [-0.3, -0.25) is 0 Å². The summed E-state index contributed by atoms with van der Waals surface area (Å²) in [5, 5.41) is 8.49. The van der Waals surface area contributed by atoms with Crippen molar-refractivity contribution in [2.75, 3.05) is 58.2 Å². The Morgan fingerprint density at radius 3 is 2.43 bits per heavy atom. The number of nitrogens with zero attached hydrogens (tertiary/aromatic N) is 4. The predicted molar refractivity (Wildman–Crippen MR) is 138 cm³/mol. The highest BCUT2D eigenvalue weighted by Gasteiger charge is 2.25. The van der Waals surface area contributed by atoms with Crippen LogP contribution in [0.2, 0.25) is 10.0 Å². The lowest BCUT2D eigenvalue weighted by molar-refractivity contribution is 0.195. The Bertz CT molecular complexity index is 1210. The first-order valence-electron chi connectivity index (χ1n) is 11.5. The number of methoxy groups -OCH3 is 2. The van der Waals surface area contributed by atoms with E-state index in [1.165, 1.54) is 0 Å². The van der Waals surface area contributed by atoms with Crippen LogP contribution in [-0.4, -0.2) is 79.5 Å². The molecule has 2 N–H and O–H groups in total. The van der Waals surface area contributed by atoms with E-state index in [1.807, 2.05) is 6.07 Å². The lowest BCUT2D eigenvalue weighted by Crippen LogP contribution is -2.24. The van der Waals surface area contributed by atoms with Crippen molar-refractivity contribution in [1.82, 2.24) is 19.9 Å². The van der Waals surface area contributed by atoms with E-state index in [0.29, 0.717) is 51.2 Å². The fourth-order valence-electron chi connectivity index (χ4n) is 4.53. The van der Waals surface area contributed by atoms with Crippen LogP contribution in [0.4, 0.5) is 11.8 Å². The molecule has 2 unspecified atom stereocenters. The van der Waals surface area contributed by atoms with Crippen LogP contribution in [-0.2, 0) is 4.74 Å². The van der Waals surface area contributed by atoms with Crippen molar-refractivity contribution in [3.8, 4) is 22.8 Å². The number of rotatable bonds is 7. The lowest BCUT2D eigenvalue weighted by Gasteiger charge is -2.19. The molecule has 2 fully saturated rings. The van der Waals surface area contributed by atoms with Crippen molar-refractivity contribution in [1.29, 1.82) is 0 Å². The van der Waals surface area contributed by atoms with Crippen molar-refractivity contribution < 1.29 is 14.2 Å². The van der Waals surface area contributed by atoms with Gasteiger partial charge in [-0.2, -0.15) is 0 Å². The number of likely N-dealkylation sites (N-methyl/N-ethyl adjacent to an activating group) is 1. The van der Waals surface area contributed by atoms with Gasteiger partial charge in [-0.25, -0.2) is 15.0 Å². The summed E-state index contributed by atoms with van der Waals surface area (Å²) in [6.07, 6.45) is 3.72. The average Bonchev–Trinajstić information content (AvgIpc) is 3.51. The fraction of sp³-hybridized carbons (Fsp3) is 0.458. The molecular formula is C24H28Cl2N6O3. The molecule has 4 heterocycles. The number of aromatic nitrogens is 3. The predicted octanol–water partition coefficient (Wildman–Crippen LogP) is 4.33. The topological polar surface area (TPSA) is 93.7 Å². The van der Waals surface area contributed by atoms with Crippen LogP contribution < -0.4 is 20.1 Å². The highest BCUT2D eigenvalue weighted by Crippen LogP contribution is 2.46. The number of pyridine rings is 1. The zero-order valence-electron chi connectivity index (χ0n) is 19.9. The van der Waals surface area contributed by atoms with Crippen molar-refractivity contribution >= 4 is 45.9 Å². The number of hydrogen-bond donors (Lipinski definition) is 2. The van der Waals surface area contributed by atoms with E-state index in [4.69, 9.17) is 47.4 Å². The standard InChI is InChI=1S/C24H28Cl2N6O3/c1-32-6-4-14(11-32)28-23-22-13(10-27-24(31-22)29-15-5-7-35-12-15)8-16(30-23)19-20(25)17(33-2)9-18(34-3)21(19)26/h8-10,14-15H,4-7,11-12H2,1-3H3,(H,28,30)(H,27,29,31). The summed E-state index contributed by atoms with van der Waals surface area (Å²) < 4.78 is 16.4. The molecule has 0 bridgehead atoms. The van der Waals surface area contributed by atoms with Crippen LogP contribution in [0.25, 0.3) is 22.2 Å². The fourth-order valence-corrected chi connectivity index (χ4v) is 5.22. The Labute approximate surface area is 214 Å². The molecule has 2 aliphatic rings. The first-order valence-corrected chi connectivity index (χ1v) is 12.3. The second kappa shape index (κ2) is 10.2. The van der Waals surface area contributed by atoms with Crippen molar-refractivity contribution in [2.24, 2.45) is 0 Å². The number of likely N-dealkylation sites (tertiary alicyclic amines) is 1. The SMILES string of the molecule is COc1cc(OC)c(Cl)c(-c2cc3cnc(NC4CCOC4)nc3c(NC3CCN(C)C3)n2)c1Cl. The highest BCUT2D eigenvalue weighted by molar-refractivity contribution is 6.41. The summed E-state index contributed by atoms with van der Waals surface area (Å²) in [4.78, 5) is 16.6. The Kier molecular flexibility index (Phi) is 7.02. The van der Waals surface area contributed by atoms with Gasteiger partial charge >= 0.3 is 0 Å². The minimum atomic E-state index is 0.196. The van der Waals surface area contributed by atoms with Gasteiger partial charge in [0.15, 0.2) is 5.82 Å². The number of anilines is 2. The molecule has 35 heavy (non-hydrogen) atoms. The number of fused-ring (bicyclic) bond motifs is 1. The zero-order chi connectivity index (χ0) is 24.5. The number of halogens is 2. The monoisotopic (exact) mass is 518 g/mol. The van der Waals surface area contributed by atoms with Crippen LogP contribution in [0.15, 0.2) is 18.3 Å². The van der Waals surface area contributed by atoms with E-state index in [9.17, 15) is 0 Å². The Balaban J connectivity index is 1.63. The van der Waals surface area contributed by atoms with Gasteiger partial charge in [0.1, 0.15) is 17.0 Å². The van der Waals surface area contributed by atoms with E-state index in [-0.39, 0.29) is 12.1 Å². The molecular weight excluding hydrogens is 491 g/mol. The molecule has 2 aromatic heterocycles. The van der Waals surface area contributed by atoms with Gasteiger partial charge in [-0.15, -0.1) is 0 Å². The van der Waals surface area contributed by atoms with Gasteiger partial charge in [-0.1, -0.05) is 23.2 Å². The number of nitrogens with one attached hydrogen (secondary N) is 2. The van der Waals surface area contributed by atoms with Gasteiger partial charge in [0.05, 0.1) is 42.6 Å². The molecule has 2 saturated heterocycles. The molecule has 3 aromatic rings. The maximum absolute atomic E-state index is 6.71. The summed E-state index contributed by atoms with van der Waals surface area (Å²) >= 11 is 13.4. The summed E-state index contributed by atoms with van der Waals surface area (Å²) in [7, 11) is 5.21. The molecule has 0 radical (unpaired) electrons. The minimum absolute atomic E-state index is 0.196. The van der Waals surface area contributed by atoms with Crippen molar-refractivity contribution in [3.05, 3.63) is 28.4 Å². The quantitative estimate of drug-likeness (QED) is 0.473. The van der Waals surface area contributed by atoms with Gasteiger partial charge in [-0.05, 0) is 32.5 Å². The third kappa shape index (κ3) is 4.91. The Morgan fingerprint density at radius 1 is 1.03 bits per heavy atom. The number of hydrogen-bond acceptors (Lipinski definition) is 9. The van der Waals surface area contributed by atoms with Gasteiger partial charge in [0, 0.05) is 42.4 Å². The largest absolute Gasteiger partial charge is 0.495 e. The van der Waals surface area contributed by atoms with E-state index in [1.54, 1.807) is 26.5 Å². The molecule has 2 atom stereocenters. The molecule has 9 nitrogen and oxygen atoms in total. The summed E-state index contributed by atoms with van der Waals surface area (Å²) in [6, 6.07) is 3.99. The normalized spacial score (nSPS) is 20.4. The first-order chi connectivity index (χ1) is 17.0. The lowest BCUT2D eigenvalue weighted by atomic mass is 10.1. The average molecular weight is 519 g/mol. The van der Waals surface area contributed by atoms with E-state index in [0.717, 1.165) is 43.4 Å². The first kappa shape index (κ1) is 24.1. The maximum atomic E-state index is 6.71. The molecule has 0 spiro atoms. The van der Waals surface area contributed by atoms with Crippen LogP contribution in [0.5, 0.6) is 11.5 Å². The van der Waals surface area contributed by atoms with E-state index >= 15 is 0 Å². The Hall–Kier alpha value is -2.59. The molecule has 0 amide bonds. The number of benzene rings is 1. The highest BCUT2D eigenvalue weighted by atomic mass is 35.5. The molecule has 0 aliphatic carbocycles. The van der Waals surface area contributed by atoms with Crippen molar-refractivity contribution in [2.45, 2.75) is 24.9 Å². The van der Waals surface area contributed by atoms with Crippen LogP contribution >= 0.6 is 23.2 Å².